The fraction of sp³-hybridized carbons (Fsp3) is 0.158. The number of carboxylic acids is 1. The van der Waals surface area contributed by atoms with Gasteiger partial charge in [0.2, 0.25) is 5.54 Å². The van der Waals surface area contributed by atoms with Crippen molar-refractivity contribution in [1.29, 1.82) is 0 Å². The predicted octanol–water partition coefficient (Wildman–Crippen LogP) is 0.386. The number of aliphatic carboxylic acids is 1. The predicted molar refractivity (Wildman–Crippen MR) is 102 cm³/mol. The molecule has 28 heavy (non-hydrogen) atoms. The zero-order valence-corrected chi connectivity index (χ0v) is 14.8. The van der Waals surface area contributed by atoms with Crippen molar-refractivity contribution in [1.82, 2.24) is 5.32 Å². The van der Waals surface area contributed by atoms with Crippen LogP contribution < -0.4 is 22.0 Å². The molecule has 0 spiro atoms. The molecule has 0 saturated heterocycles. The van der Waals surface area contributed by atoms with Crippen molar-refractivity contribution < 1.29 is 19.5 Å². The Bertz CT molecular complexity index is 957. The molecule has 6 N–H and O–H groups in total. The van der Waals surface area contributed by atoms with E-state index in [4.69, 9.17) is 11.7 Å². The zero-order valence-electron chi connectivity index (χ0n) is 14.8. The van der Waals surface area contributed by atoms with Crippen molar-refractivity contribution in [3.63, 3.8) is 0 Å². The Morgan fingerprint density at radius 2 is 1.89 bits per heavy atom. The standard InChI is InChI=1S/C19H19N5O4/c20-23-10-12-5-7-13(8-6-12)17(27)19(9-16(25)26)18(28)22-11-14-3-1-2-4-15(14)24(19)21/h1-8,10H,9,11,20-21H2,(H,22,28)(H,25,26). The highest BCUT2D eigenvalue weighted by molar-refractivity contribution is 6.22. The summed E-state index contributed by atoms with van der Waals surface area (Å²) in [6.07, 6.45) is 0.597. The number of carboxylic acid groups (broad SMARTS) is 1. The number of carbonyl (C=O) groups is 3. The van der Waals surface area contributed by atoms with E-state index in [1.807, 2.05) is 0 Å². The number of nitrogens with two attached hydrogens (primary N) is 2. The Hall–Kier alpha value is -3.72. The molecule has 1 atom stereocenters. The maximum absolute atomic E-state index is 13.4. The first-order valence-electron chi connectivity index (χ1n) is 8.41. The molecule has 1 heterocycles. The van der Waals surface area contributed by atoms with E-state index in [0.717, 1.165) is 5.01 Å². The third-order valence-corrected chi connectivity index (χ3v) is 4.66. The number of hydrazine groups is 1. The Labute approximate surface area is 160 Å². The van der Waals surface area contributed by atoms with E-state index in [9.17, 15) is 19.5 Å². The van der Waals surface area contributed by atoms with E-state index >= 15 is 0 Å². The number of Topliss-reactive ketones (excluding diaryl/α,β-unsaturated/α-hetero) is 1. The number of nitrogens with zero attached hydrogens (tertiary/aromatic N) is 2. The van der Waals surface area contributed by atoms with Gasteiger partial charge in [0.25, 0.3) is 5.91 Å². The molecule has 0 bridgehead atoms. The van der Waals surface area contributed by atoms with Crippen LogP contribution >= 0.6 is 0 Å². The van der Waals surface area contributed by atoms with E-state index in [-0.39, 0.29) is 12.1 Å². The van der Waals surface area contributed by atoms with Crippen molar-refractivity contribution in [3.8, 4) is 0 Å². The topological polar surface area (TPSA) is 151 Å². The largest absolute Gasteiger partial charge is 0.481 e. The van der Waals surface area contributed by atoms with Gasteiger partial charge in [-0.3, -0.25) is 19.4 Å². The molecule has 0 saturated carbocycles. The quantitative estimate of drug-likeness (QED) is 0.192. The summed E-state index contributed by atoms with van der Waals surface area (Å²) in [5, 5.41) is 16.5. The molecule has 1 unspecified atom stereocenters. The second kappa shape index (κ2) is 7.49. The summed E-state index contributed by atoms with van der Waals surface area (Å²) >= 11 is 0. The molecule has 1 aliphatic rings. The van der Waals surface area contributed by atoms with Gasteiger partial charge in [-0.05, 0) is 17.2 Å². The van der Waals surface area contributed by atoms with Crippen LogP contribution in [0.2, 0.25) is 0 Å². The minimum Gasteiger partial charge on any atom is -0.481 e. The van der Waals surface area contributed by atoms with Crippen LogP contribution in [0.3, 0.4) is 0 Å². The van der Waals surface area contributed by atoms with Crippen LogP contribution in [0.25, 0.3) is 0 Å². The fourth-order valence-electron chi connectivity index (χ4n) is 3.25. The molecule has 3 rings (SSSR count). The number of hydrogen-bond acceptors (Lipinski definition) is 7. The summed E-state index contributed by atoms with van der Waals surface area (Å²) in [5.74, 6) is 8.52. The van der Waals surface area contributed by atoms with Gasteiger partial charge in [-0.1, -0.05) is 42.5 Å². The van der Waals surface area contributed by atoms with Crippen LogP contribution in [-0.2, 0) is 16.1 Å². The van der Waals surface area contributed by atoms with E-state index in [0.29, 0.717) is 16.8 Å². The van der Waals surface area contributed by atoms with Crippen LogP contribution in [0.5, 0.6) is 0 Å². The molecular weight excluding hydrogens is 362 g/mol. The van der Waals surface area contributed by atoms with Gasteiger partial charge in [0, 0.05) is 12.1 Å². The van der Waals surface area contributed by atoms with E-state index in [1.165, 1.54) is 18.3 Å². The van der Waals surface area contributed by atoms with Crippen LogP contribution in [0, 0.1) is 0 Å². The SMILES string of the molecule is NN=Cc1ccc(C(=O)C2(CC(=O)O)C(=O)NCc3ccccc3N2N)cc1. The van der Waals surface area contributed by atoms with Crippen molar-refractivity contribution >= 4 is 29.6 Å². The number of nitrogens with one attached hydrogen (secondary N) is 1. The number of amides is 1. The highest BCUT2D eigenvalue weighted by Crippen LogP contribution is 2.33. The van der Waals surface area contributed by atoms with E-state index < -0.39 is 29.6 Å². The van der Waals surface area contributed by atoms with Crippen molar-refractivity contribution in [2.45, 2.75) is 18.5 Å². The first-order chi connectivity index (χ1) is 13.4. The van der Waals surface area contributed by atoms with Gasteiger partial charge in [0.15, 0.2) is 5.78 Å². The van der Waals surface area contributed by atoms with Crippen molar-refractivity contribution in [3.05, 3.63) is 65.2 Å². The van der Waals surface area contributed by atoms with Gasteiger partial charge in [0.05, 0.1) is 18.3 Å². The van der Waals surface area contributed by atoms with Gasteiger partial charge in [0.1, 0.15) is 0 Å². The maximum Gasteiger partial charge on any atom is 0.306 e. The molecule has 2 aromatic carbocycles. The van der Waals surface area contributed by atoms with Crippen LogP contribution in [0.4, 0.5) is 5.69 Å². The first-order valence-corrected chi connectivity index (χ1v) is 8.41. The molecule has 1 aliphatic heterocycles. The number of para-hydroxylation sites is 1. The average molecular weight is 381 g/mol. The van der Waals surface area contributed by atoms with Gasteiger partial charge in [-0.15, -0.1) is 0 Å². The molecule has 0 aromatic heterocycles. The molecule has 144 valence electrons. The molecule has 0 fully saturated rings. The number of carbonyl (C=O) groups excluding carboxylic acids is 2. The molecule has 1 amide bonds. The maximum atomic E-state index is 13.4. The lowest BCUT2D eigenvalue weighted by Gasteiger charge is -2.37. The molecular formula is C19H19N5O4. The summed E-state index contributed by atoms with van der Waals surface area (Å²) < 4.78 is 0. The van der Waals surface area contributed by atoms with Crippen molar-refractivity contribution in [2.75, 3.05) is 5.01 Å². The third kappa shape index (κ3) is 3.19. The van der Waals surface area contributed by atoms with E-state index in [1.54, 1.807) is 36.4 Å². The number of benzene rings is 2. The summed E-state index contributed by atoms with van der Waals surface area (Å²) in [6, 6.07) is 13.0. The second-order valence-corrected chi connectivity index (χ2v) is 6.34. The van der Waals surface area contributed by atoms with Gasteiger partial charge >= 0.3 is 5.97 Å². The summed E-state index contributed by atoms with van der Waals surface area (Å²) in [4.78, 5) is 38.0. The average Bonchev–Trinajstić information content (AvgIpc) is 2.79. The van der Waals surface area contributed by atoms with Gasteiger partial charge < -0.3 is 16.3 Å². The number of anilines is 1. The minimum atomic E-state index is -2.14. The molecule has 2 aromatic rings. The second-order valence-electron chi connectivity index (χ2n) is 6.34. The monoisotopic (exact) mass is 381 g/mol. The zero-order chi connectivity index (χ0) is 20.3. The molecule has 9 nitrogen and oxygen atoms in total. The van der Waals surface area contributed by atoms with Gasteiger partial charge in [-0.2, -0.15) is 5.10 Å². The molecule has 0 radical (unpaired) electrons. The summed E-state index contributed by atoms with van der Waals surface area (Å²) in [6.45, 7) is 0.128. The number of hydrogen-bond donors (Lipinski definition) is 4. The number of hydrazone groups is 1. The first kappa shape index (κ1) is 19.1. The number of ketones is 1. The highest BCUT2D eigenvalue weighted by Gasteiger charge is 2.53. The van der Waals surface area contributed by atoms with Gasteiger partial charge in [-0.25, -0.2) is 5.84 Å². The number of fused-ring (bicyclic) bond motifs is 1. The Morgan fingerprint density at radius 3 is 2.54 bits per heavy atom. The fourth-order valence-corrected chi connectivity index (χ4v) is 3.25. The van der Waals surface area contributed by atoms with Crippen LogP contribution in [0.1, 0.15) is 27.9 Å². The lowest BCUT2D eigenvalue weighted by atomic mass is 9.84. The third-order valence-electron chi connectivity index (χ3n) is 4.66. The van der Waals surface area contributed by atoms with E-state index in [2.05, 4.69) is 10.4 Å². The number of rotatable bonds is 5. The molecule has 0 aliphatic carbocycles. The highest BCUT2D eigenvalue weighted by atomic mass is 16.4. The summed E-state index contributed by atoms with van der Waals surface area (Å²) in [5.41, 5.74) is -0.274. The van der Waals surface area contributed by atoms with Crippen LogP contribution in [0.15, 0.2) is 53.6 Å². The van der Waals surface area contributed by atoms with Crippen molar-refractivity contribution in [2.24, 2.45) is 16.8 Å². The Balaban J connectivity index is 2.14. The lowest BCUT2D eigenvalue weighted by molar-refractivity contribution is -0.141. The van der Waals surface area contributed by atoms with Crippen LogP contribution in [-0.4, -0.2) is 34.5 Å². The minimum absolute atomic E-state index is 0.128. The Kier molecular flexibility index (Phi) is 5.10. The summed E-state index contributed by atoms with van der Waals surface area (Å²) in [7, 11) is 0. The molecule has 9 heteroatoms. The Morgan fingerprint density at radius 1 is 1.21 bits per heavy atom. The smallest absolute Gasteiger partial charge is 0.306 e. The normalized spacial score (nSPS) is 19.0. The lowest BCUT2D eigenvalue weighted by Crippen LogP contribution is -2.66.